The van der Waals surface area contributed by atoms with E-state index >= 15 is 0 Å². The molecule has 0 aliphatic rings. The van der Waals surface area contributed by atoms with Crippen molar-refractivity contribution in [3.8, 4) is 17.2 Å². The Balaban J connectivity index is 1.61. The van der Waals surface area contributed by atoms with Gasteiger partial charge in [-0.05, 0) is 42.3 Å². The van der Waals surface area contributed by atoms with Crippen molar-refractivity contribution in [1.82, 2.24) is 14.5 Å². The SMILES string of the molecule is COc1cc(/C=C/C(=O)N(CCCn2ccnc2)c2nc3c(Cl)cccc3s2)cc(OC)c1OC. The highest BCUT2D eigenvalue weighted by atomic mass is 35.5. The van der Waals surface area contributed by atoms with E-state index in [1.165, 1.54) is 17.4 Å². The fourth-order valence-electron chi connectivity index (χ4n) is 3.60. The minimum Gasteiger partial charge on any atom is -0.493 e. The number of carbonyl (C=O) groups is 1. The molecule has 2 aromatic carbocycles. The average molecular weight is 513 g/mol. The first kappa shape index (κ1) is 24.6. The molecule has 2 heterocycles. The number of rotatable bonds is 10. The van der Waals surface area contributed by atoms with E-state index in [9.17, 15) is 4.79 Å². The van der Waals surface area contributed by atoms with Crippen LogP contribution in [0, 0.1) is 0 Å². The number of hydrogen-bond donors (Lipinski definition) is 0. The number of halogens is 1. The number of methoxy groups -OCH3 is 3. The number of nitrogens with zero attached hydrogens (tertiary/aromatic N) is 4. The predicted molar refractivity (Wildman–Crippen MR) is 139 cm³/mol. The van der Waals surface area contributed by atoms with E-state index in [1.54, 1.807) is 63.0 Å². The molecule has 0 fully saturated rings. The summed E-state index contributed by atoms with van der Waals surface area (Å²) in [6, 6.07) is 9.19. The maximum atomic E-state index is 13.4. The van der Waals surface area contributed by atoms with Gasteiger partial charge in [0.25, 0.3) is 5.91 Å². The Morgan fingerprint density at radius 1 is 1.17 bits per heavy atom. The van der Waals surface area contributed by atoms with Crippen LogP contribution in [-0.2, 0) is 11.3 Å². The van der Waals surface area contributed by atoms with Crippen molar-refractivity contribution in [2.45, 2.75) is 13.0 Å². The van der Waals surface area contributed by atoms with E-state index in [2.05, 4.69) is 9.97 Å². The van der Waals surface area contributed by atoms with Crippen LogP contribution >= 0.6 is 22.9 Å². The molecule has 0 aliphatic heterocycles. The molecular weight excluding hydrogens is 488 g/mol. The molecule has 182 valence electrons. The molecule has 0 saturated heterocycles. The number of carbonyl (C=O) groups excluding carboxylic acids is 1. The molecule has 0 radical (unpaired) electrons. The number of aryl methyl sites for hydroxylation is 1. The number of amides is 1. The molecular formula is C25H25ClN4O4S. The van der Waals surface area contributed by atoms with Crippen molar-refractivity contribution in [2.24, 2.45) is 0 Å². The summed E-state index contributed by atoms with van der Waals surface area (Å²) < 4.78 is 19.1. The Kier molecular flexibility index (Phi) is 7.89. The molecule has 35 heavy (non-hydrogen) atoms. The molecule has 4 rings (SSSR count). The number of aromatic nitrogens is 3. The summed E-state index contributed by atoms with van der Waals surface area (Å²) >= 11 is 7.77. The quantitative estimate of drug-likeness (QED) is 0.268. The van der Waals surface area contributed by atoms with Crippen molar-refractivity contribution >= 4 is 50.3 Å². The van der Waals surface area contributed by atoms with Crippen LogP contribution in [0.2, 0.25) is 5.02 Å². The molecule has 2 aromatic heterocycles. The molecule has 10 heteroatoms. The van der Waals surface area contributed by atoms with Crippen molar-refractivity contribution < 1.29 is 19.0 Å². The zero-order valence-corrected chi connectivity index (χ0v) is 21.2. The summed E-state index contributed by atoms with van der Waals surface area (Å²) in [6.45, 7) is 1.21. The number of thiazole rings is 1. The summed E-state index contributed by atoms with van der Waals surface area (Å²) in [6.07, 6.45) is 9.35. The van der Waals surface area contributed by atoms with E-state index in [-0.39, 0.29) is 5.91 Å². The van der Waals surface area contributed by atoms with Crippen LogP contribution in [0.1, 0.15) is 12.0 Å². The topological polar surface area (TPSA) is 78.7 Å². The second kappa shape index (κ2) is 11.2. The van der Waals surface area contributed by atoms with E-state index in [0.29, 0.717) is 39.5 Å². The molecule has 0 bridgehead atoms. The lowest BCUT2D eigenvalue weighted by Crippen LogP contribution is -2.30. The van der Waals surface area contributed by atoms with Gasteiger partial charge in [0.1, 0.15) is 5.52 Å². The summed E-state index contributed by atoms with van der Waals surface area (Å²) in [5, 5.41) is 1.15. The smallest absolute Gasteiger partial charge is 0.252 e. The van der Waals surface area contributed by atoms with Gasteiger partial charge in [-0.25, -0.2) is 9.97 Å². The standard InChI is InChI=1S/C25H25ClN4O4S/c1-32-19-14-17(15-20(33-2)24(19)34-3)8-9-22(31)30(12-5-11-29-13-10-27-16-29)25-28-23-18(26)6-4-7-21(23)35-25/h4,6-10,13-16H,5,11-12H2,1-3H3/b9-8+. The Morgan fingerprint density at radius 2 is 1.94 bits per heavy atom. The van der Waals surface area contributed by atoms with Crippen LogP contribution in [0.4, 0.5) is 5.13 Å². The summed E-state index contributed by atoms with van der Waals surface area (Å²) in [4.78, 5) is 23.8. The number of benzene rings is 2. The lowest BCUT2D eigenvalue weighted by atomic mass is 10.1. The van der Waals surface area contributed by atoms with E-state index < -0.39 is 0 Å². The first-order chi connectivity index (χ1) is 17.0. The Morgan fingerprint density at radius 3 is 2.57 bits per heavy atom. The minimum atomic E-state index is -0.195. The van der Waals surface area contributed by atoms with Gasteiger partial charge in [-0.3, -0.25) is 9.69 Å². The summed E-state index contributed by atoms with van der Waals surface area (Å²) in [5.74, 6) is 1.32. The molecule has 0 spiro atoms. The van der Waals surface area contributed by atoms with E-state index in [4.69, 9.17) is 25.8 Å². The van der Waals surface area contributed by atoms with Gasteiger partial charge in [-0.2, -0.15) is 0 Å². The highest BCUT2D eigenvalue weighted by molar-refractivity contribution is 7.22. The summed E-state index contributed by atoms with van der Waals surface area (Å²) in [5.41, 5.74) is 1.42. The first-order valence-electron chi connectivity index (χ1n) is 10.8. The van der Waals surface area contributed by atoms with Gasteiger partial charge in [0, 0.05) is 31.6 Å². The van der Waals surface area contributed by atoms with Crippen molar-refractivity contribution in [3.05, 3.63) is 65.7 Å². The largest absolute Gasteiger partial charge is 0.493 e. The predicted octanol–water partition coefficient (Wildman–Crippen LogP) is 5.31. The number of hydrogen-bond acceptors (Lipinski definition) is 7. The van der Waals surface area contributed by atoms with Gasteiger partial charge in [-0.15, -0.1) is 0 Å². The van der Waals surface area contributed by atoms with Gasteiger partial charge in [0.15, 0.2) is 16.6 Å². The Labute approximate surface area is 212 Å². The minimum absolute atomic E-state index is 0.195. The second-order valence-electron chi connectivity index (χ2n) is 7.52. The fourth-order valence-corrected chi connectivity index (χ4v) is 4.90. The zero-order valence-electron chi connectivity index (χ0n) is 19.6. The third-order valence-electron chi connectivity index (χ3n) is 5.32. The second-order valence-corrected chi connectivity index (χ2v) is 8.94. The molecule has 1 amide bonds. The fraction of sp³-hybridized carbons (Fsp3) is 0.240. The lowest BCUT2D eigenvalue weighted by Gasteiger charge is -2.18. The molecule has 0 unspecified atom stereocenters. The van der Waals surface area contributed by atoms with Crippen LogP contribution < -0.4 is 19.1 Å². The molecule has 8 nitrogen and oxygen atoms in total. The molecule has 0 saturated carbocycles. The number of fused-ring (bicyclic) bond motifs is 1. The maximum Gasteiger partial charge on any atom is 0.252 e. The number of para-hydroxylation sites is 1. The third kappa shape index (κ3) is 5.58. The van der Waals surface area contributed by atoms with Crippen molar-refractivity contribution in [1.29, 1.82) is 0 Å². The van der Waals surface area contributed by atoms with E-state index in [1.807, 2.05) is 22.9 Å². The van der Waals surface area contributed by atoms with Crippen LogP contribution in [-0.4, -0.2) is 48.3 Å². The molecule has 4 aromatic rings. The van der Waals surface area contributed by atoms with Crippen molar-refractivity contribution in [2.75, 3.05) is 32.8 Å². The number of ether oxygens (including phenoxy) is 3. The van der Waals surface area contributed by atoms with Crippen LogP contribution in [0.5, 0.6) is 17.2 Å². The van der Waals surface area contributed by atoms with Crippen LogP contribution in [0.15, 0.2) is 55.1 Å². The third-order valence-corrected chi connectivity index (χ3v) is 6.67. The maximum absolute atomic E-state index is 13.4. The highest BCUT2D eigenvalue weighted by Gasteiger charge is 2.19. The van der Waals surface area contributed by atoms with Gasteiger partial charge < -0.3 is 18.8 Å². The molecule has 0 aliphatic carbocycles. The van der Waals surface area contributed by atoms with Crippen LogP contribution in [0.3, 0.4) is 0 Å². The number of imidazole rings is 1. The molecule has 0 N–H and O–H groups in total. The zero-order chi connectivity index (χ0) is 24.8. The normalized spacial score (nSPS) is 11.2. The average Bonchev–Trinajstić information content (AvgIpc) is 3.55. The number of anilines is 1. The van der Waals surface area contributed by atoms with Gasteiger partial charge in [-0.1, -0.05) is 29.0 Å². The van der Waals surface area contributed by atoms with Gasteiger partial charge >= 0.3 is 0 Å². The van der Waals surface area contributed by atoms with Gasteiger partial charge in [0.05, 0.1) is 37.4 Å². The van der Waals surface area contributed by atoms with Crippen LogP contribution in [0.25, 0.3) is 16.3 Å². The Bertz CT molecular complexity index is 1310. The van der Waals surface area contributed by atoms with Crippen molar-refractivity contribution in [3.63, 3.8) is 0 Å². The summed E-state index contributed by atoms with van der Waals surface area (Å²) in [7, 11) is 4.65. The van der Waals surface area contributed by atoms with Gasteiger partial charge in [0.2, 0.25) is 5.75 Å². The molecule has 0 atom stereocenters. The Hall–Kier alpha value is -3.56. The highest BCUT2D eigenvalue weighted by Crippen LogP contribution is 2.38. The van der Waals surface area contributed by atoms with E-state index in [0.717, 1.165) is 23.2 Å². The monoisotopic (exact) mass is 512 g/mol. The lowest BCUT2D eigenvalue weighted by molar-refractivity contribution is -0.114. The first-order valence-corrected chi connectivity index (χ1v) is 12.0.